The molecule has 154 valence electrons. The molecule has 0 radical (unpaired) electrons. The van der Waals surface area contributed by atoms with E-state index < -0.39 is 0 Å². The van der Waals surface area contributed by atoms with Gasteiger partial charge in [0, 0.05) is 24.2 Å². The summed E-state index contributed by atoms with van der Waals surface area (Å²) in [4.78, 5) is 21.3. The fourth-order valence-electron chi connectivity index (χ4n) is 3.16. The maximum absolute atomic E-state index is 13.2. The highest BCUT2D eigenvalue weighted by atomic mass is 16.5. The van der Waals surface area contributed by atoms with Crippen molar-refractivity contribution in [1.82, 2.24) is 9.97 Å². The number of aromatic nitrogens is 2. The molecule has 1 amide bonds. The van der Waals surface area contributed by atoms with Crippen LogP contribution in [0.1, 0.15) is 21.5 Å². The number of aliphatic hydroxyl groups excluding tert-OH is 1. The Hall–Kier alpha value is -4.03. The maximum Gasteiger partial charge on any atom is 0.259 e. The number of hydrogen-bond acceptors (Lipinski definition) is 5. The summed E-state index contributed by atoms with van der Waals surface area (Å²) in [5, 5.41) is 12.4. The third kappa shape index (κ3) is 4.94. The van der Waals surface area contributed by atoms with Crippen LogP contribution in [-0.4, -0.2) is 21.0 Å². The fraction of sp³-hybridized carbons (Fsp3) is 0.0800. The number of anilines is 1. The van der Waals surface area contributed by atoms with Gasteiger partial charge in [-0.1, -0.05) is 36.4 Å². The monoisotopic (exact) mass is 411 g/mol. The van der Waals surface area contributed by atoms with Crippen molar-refractivity contribution in [2.24, 2.45) is 0 Å². The number of ether oxygens (including phenoxy) is 1. The van der Waals surface area contributed by atoms with Gasteiger partial charge in [0.05, 0.1) is 24.1 Å². The van der Waals surface area contributed by atoms with Gasteiger partial charge in [-0.2, -0.15) is 0 Å². The minimum absolute atomic E-state index is 0.202. The van der Waals surface area contributed by atoms with Crippen LogP contribution < -0.4 is 10.1 Å². The molecule has 0 aliphatic heterocycles. The fourth-order valence-corrected chi connectivity index (χ4v) is 3.16. The molecule has 0 saturated carbocycles. The molecule has 2 aromatic carbocycles. The molecule has 2 heterocycles. The average molecular weight is 411 g/mol. The Morgan fingerprint density at radius 2 is 1.68 bits per heavy atom. The van der Waals surface area contributed by atoms with Gasteiger partial charge in [0.1, 0.15) is 12.4 Å². The van der Waals surface area contributed by atoms with Crippen molar-refractivity contribution in [1.29, 1.82) is 0 Å². The summed E-state index contributed by atoms with van der Waals surface area (Å²) in [5.41, 5.74) is 4.24. The van der Waals surface area contributed by atoms with Crippen LogP contribution in [0.5, 0.6) is 5.75 Å². The molecule has 2 N–H and O–H groups in total. The second kappa shape index (κ2) is 9.65. The van der Waals surface area contributed by atoms with Gasteiger partial charge in [0.2, 0.25) is 0 Å². The van der Waals surface area contributed by atoms with Crippen molar-refractivity contribution in [2.45, 2.75) is 13.2 Å². The average Bonchev–Trinajstić information content (AvgIpc) is 2.84. The zero-order chi connectivity index (χ0) is 21.5. The standard InChI is InChI=1S/C25H21N3O3/c29-16-21-10-13-27-15-23(21)28-25(30)22-14-20(19-8-11-26-12-9-19)6-7-24(22)31-17-18-4-2-1-3-5-18/h1-15,29H,16-17H2,(H,28,30). The van der Waals surface area contributed by atoms with Crippen LogP contribution in [0.3, 0.4) is 0 Å². The summed E-state index contributed by atoms with van der Waals surface area (Å²) >= 11 is 0. The van der Waals surface area contributed by atoms with Gasteiger partial charge in [-0.3, -0.25) is 14.8 Å². The van der Waals surface area contributed by atoms with Crippen LogP contribution in [0, 0.1) is 0 Å². The zero-order valence-electron chi connectivity index (χ0n) is 16.7. The third-order valence-electron chi connectivity index (χ3n) is 4.80. The molecule has 2 aromatic heterocycles. The van der Waals surface area contributed by atoms with Gasteiger partial charge in [-0.25, -0.2) is 0 Å². The number of rotatable bonds is 7. The summed E-state index contributed by atoms with van der Waals surface area (Å²) in [6.07, 6.45) is 6.50. The molecule has 0 spiro atoms. The van der Waals surface area contributed by atoms with Crippen molar-refractivity contribution in [3.05, 3.63) is 108 Å². The van der Waals surface area contributed by atoms with Gasteiger partial charge < -0.3 is 15.2 Å². The van der Waals surface area contributed by atoms with Crippen molar-refractivity contribution in [2.75, 3.05) is 5.32 Å². The lowest BCUT2D eigenvalue weighted by Crippen LogP contribution is -2.15. The van der Waals surface area contributed by atoms with Crippen molar-refractivity contribution in [3.8, 4) is 16.9 Å². The molecule has 0 aliphatic carbocycles. The number of benzene rings is 2. The van der Waals surface area contributed by atoms with E-state index in [1.54, 1.807) is 36.8 Å². The van der Waals surface area contributed by atoms with Crippen molar-refractivity contribution < 1.29 is 14.6 Å². The Morgan fingerprint density at radius 3 is 2.45 bits per heavy atom. The van der Waals surface area contributed by atoms with Gasteiger partial charge in [-0.05, 0) is 47.0 Å². The normalized spacial score (nSPS) is 10.5. The van der Waals surface area contributed by atoms with Gasteiger partial charge in [-0.15, -0.1) is 0 Å². The van der Waals surface area contributed by atoms with Crippen LogP contribution in [0.15, 0.2) is 91.5 Å². The lowest BCUT2D eigenvalue weighted by molar-refractivity contribution is 0.102. The maximum atomic E-state index is 13.2. The number of carbonyl (C=O) groups excluding carboxylic acids is 1. The quantitative estimate of drug-likeness (QED) is 0.469. The first-order valence-electron chi connectivity index (χ1n) is 9.81. The molecule has 4 rings (SSSR count). The van der Waals surface area contributed by atoms with Crippen LogP contribution >= 0.6 is 0 Å². The number of aliphatic hydroxyl groups is 1. The molecule has 31 heavy (non-hydrogen) atoms. The first-order valence-corrected chi connectivity index (χ1v) is 9.81. The number of nitrogens with zero attached hydrogens (tertiary/aromatic N) is 2. The summed E-state index contributed by atoms with van der Waals surface area (Å²) in [6.45, 7) is 0.136. The molecule has 6 heteroatoms. The van der Waals surface area contributed by atoms with Gasteiger partial charge in [0.15, 0.2) is 0 Å². The molecule has 6 nitrogen and oxygen atoms in total. The molecule has 0 saturated heterocycles. The van der Waals surface area contributed by atoms with E-state index in [2.05, 4.69) is 15.3 Å². The lowest BCUT2D eigenvalue weighted by Gasteiger charge is -2.15. The highest BCUT2D eigenvalue weighted by Gasteiger charge is 2.16. The molecule has 4 aromatic rings. The largest absolute Gasteiger partial charge is 0.488 e. The third-order valence-corrected chi connectivity index (χ3v) is 4.80. The Bertz CT molecular complexity index is 1170. The molecular weight excluding hydrogens is 390 g/mol. The number of pyridine rings is 2. The molecule has 0 atom stereocenters. The van der Waals surface area contributed by atoms with E-state index >= 15 is 0 Å². The Balaban J connectivity index is 1.66. The highest BCUT2D eigenvalue weighted by Crippen LogP contribution is 2.28. The molecule has 0 bridgehead atoms. The lowest BCUT2D eigenvalue weighted by atomic mass is 10.0. The number of amides is 1. The van der Waals surface area contributed by atoms with Crippen molar-refractivity contribution >= 4 is 11.6 Å². The minimum atomic E-state index is -0.346. The van der Waals surface area contributed by atoms with E-state index in [9.17, 15) is 9.90 Å². The first kappa shape index (κ1) is 20.3. The summed E-state index contributed by atoms with van der Waals surface area (Å²) in [7, 11) is 0. The smallest absolute Gasteiger partial charge is 0.259 e. The number of carbonyl (C=O) groups is 1. The number of hydrogen-bond donors (Lipinski definition) is 2. The molecule has 0 unspecified atom stereocenters. The molecular formula is C25H21N3O3. The second-order valence-corrected chi connectivity index (χ2v) is 6.87. The van der Waals surface area contributed by atoms with Crippen LogP contribution in [-0.2, 0) is 13.2 Å². The Morgan fingerprint density at radius 1 is 0.903 bits per heavy atom. The van der Waals surface area contributed by atoms with E-state index in [0.29, 0.717) is 29.2 Å². The van der Waals surface area contributed by atoms with Gasteiger partial charge in [0.25, 0.3) is 5.91 Å². The van der Waals surface area contributed by atoms with E-state index in [-0.39, 0.29) is 12.5 Å². The second-order valence-electron chi connectivity index (χ2n) is 6.87. The summed E-state index contributed by atoms with van der Waals surface area (Å²) in [6, 6.07) is 20.7. The molecule has 0 aliphatic rings. The summed E-state index contributed by atoms with van der Waals surface area (Å²) < 4.78 is 5.99. The predicted molar refractivity (Wildman–Crippen MR) is 119 cm³/mol. The van der Waals surface area contributed by atoms with Crippen molar-refractivity contribution in [3.63, 3.8) is 0 Å². The topological polar surface area (TPSA) is 84.3 Å². The summed E-state index contributed by atoms with van der Waals surface area (Å²) in [5.74, 6) is 0.121. The van der Waals surface area contributed by atoms with Crippen LogP contribution in [0.4, 0.5) is 5.69 Å². The Kier molecular flexibility index (Phi) is 6.30. The van der Waals surface area contributed by atoms with E-state index in [4.69, 9.17) is 4.74 Å². The SMILES string of the molecule is O=C(Nc1cnccc1CO)c1cc(-c2ccncc2)ccc1OCc1ccccc1. The van der Waals surface area contributed by atoms with Crippen LogP contribution in [0.2, 0.25) is 0 Å². The van der Waals surface area contributed by atoms with Gasteiger partial charge >= 0.3 is 0 Å². The minimum Gasteiger partial charge on any atom is -0.488 e. The molecule has 0 fully saturated rings. The van der Waals surface area contributed by atoms with E-state index in [1.165, 1.54) is 6.20 Å². The predicted octanol–water partition coefficient (Wildman–Crippen LogP) is 4.47. The first-order chi connectivity index (χ1) is 15.2. The van der Waals surface area contributed by atoms with E-state index in [0.717, 1.165) is 16.7 Å². The Labute approximate surface area is 180 Å². The van der Waals surface area contributed by atoms with E-state index in [1.807, 2.05) is 48.5 Å². The zero-order valence-corrected chi connectivity index (χ0v) is 16.7. The number of nitrogens with one attached hydrogen (secondary N) is 1. The highest BCUT2D eigenvalue weighted by molar-refractivity contribution is 6.07. The van der Waals surface area contributed by atoms with Crippen LogP contribution in [0.25, 0.3) is 11.1 Å².